The second-order valence-electron chi connectivity index (χ2n) is 4.88. The summed E-state index contributed by atoms with van der Waals surface area (Å²) in [6.45, 7) is -0.154. The van der Waals surface area contributed by atoms with Crippen LogP contribution in [0.2, 0.25) is 0 Å². The van der Waals surface area contributed by atoms with Crippen LogP contribution in [0.15, 0.2) is 24.3 Å². The molecule has 1 saturated carbocycles. The first kappa shape index (κ1) is 13.9. The largest absolute Gasteiger partial charge is 0.484 e. The molecular weight excluding hydrogens is 254 g/mol. The normalized spacial score (nSPS) is 15.9. The van der Waals surface area contributed by atoms with Gasteiger partial charge in [0.2, 0.25) is 0 Å². The summed E-state index contributed by atoms with van der Waals surface area (Å²) in [4.78, 5) is 11.8. The molecule has 0 aliphatic heterocycles. The molecule has 0 unspecified atom stereocenters. The van der Waals surface area contributed by atoms with Crippen molar-refractivity contribution in [3.05, 3.63) is 29.8 Å². The Hall–Kier alpha value is -2.53. The SMILES string of the molecule is N#Cc1cccc(OCC(=O)NC2(C#N)CCCC2)c1. The van der Waals surface area contributed by atoms with E-state index in [9.17, 15) is 10.1 Å². The third-order valence-electron chi connectivity index (χ3n) is 3.38. The second-order valence-corrected chi connectivity index (χ2v) is 4.88. The van der Waals surface area contributed by atoms with E-state index in [1.54, 1.807) is 24.3 Å². The van der Waals surface area contributed by atoms with E-state index in [1.165, 1.54) is 0 Å². The number of benzene rings is 1. The predicted molar refractivity (Wildman–Crippen MR) is 71.6 cm³/mol. The average Bonchev–Trinajstić information content (AvgIpc) is 2.94. The number of amides is 1. The maximum Gasteiger partial charge on any atom is 0.259 e. The van der Waals surface area contributed by atoms with Gasteiger partial charge in [-0.2, -0.15) is 10.5 Å². The molecule has 1 amide bonds. The lowest BCUT2D eigenvalue weighted by molar-refractivity contribution is -0.124. The smallest absolute Gasteiger partial charge is 0.259 e. The number of carbonyl (C=O) groups excluding carboxylic acids is 1. The first-order valence-corrected chi connectivity index (χ1v) is 6.53. The van der Waals surface area contributed by atoms with Crippen LogP contribution in [0.4, 0.5) is 0 Å². The van der Waals surface area contributed by atoms with Crippen molar-refractivity contribution in [2.45, 2.75) is 31.2 Å². The standard InChI is InChI=1S/C15H15N3O2/c16-9-12-4-3-5-13(8-12)20-10-14(19)18-15(11-17)6-1-2-7-15/h3-5,8H,1-2,6-7,10H2,(H,18,19). The Labute approximate surface area is 117 Å². The first-order chi connectivity index (χ1) is 9.67. The lowest BCUT2D eigenvalue weighted by Gasteiger charge is -2.21. The molecule has 0 radical (unpaired) electrons. The third kappa shape index (κ3) is 3.27. The number of nitrogens with zero attached hydrogens (tertiary/aromatic N) is 2. The highest BCUT2D eigenvalue weighted by Gasteiger charge is 2.35. The van der Waals surface area contributed by atoms with E-state index >= 15 is 0 Å². The molecule has 1 aromatic rings. The fourth-order valence-corrected chi connectivity index (χ4v) is 2.35. The van der Waals surface area contributed by atoms with Gasteiger partial charge in [-0.15, -0.1) is 0 Å². The summed E-state index contributed by atoms with van der Waals surface area (Å²) in [6, 6.07) is 10.8. The molecule has 5 nitrogen and oxygen atoms in total. The van der Waals surface area contributed by atoms with Gasteiger partial charge in [-0.1, -0.05) is 6.07 Å². The Bertz CT molecular complexity index is 578. The van der Waals surface area contributed by atoms with E-state index in [0.29, 0.717) is 24.2 Å². The van der Waals surface area contributed by atoms with Crippen LogP contribution in [0.1, 0.15) is 31.2 Å². The Kier molecular flexibility index (Phi) is 4.22. The minimum absolute atomic E-state index is 0.154. The van der Waals surface area contributed by atoms with Crippen LogP contribution < -0.4 is 10.1 Å². The molecule has 0 heterocycles. The van der Waals surface area contributed by atoms with Crippen LogP contribution in [0.25, 0.3) is 0 Å². The van der Waals surface area contributed by atoms with Crippen molar-refractivity contribution in [3.8, 4) is 17.9 Å². The summed E-state index contributed by atoms with van der Waals surface area (Å²) in [5.74, 6) is 0.160. The van der Waals surface area contributed by atoms with E-state index < -0.39 is 5.54 Å². The highest BCUT2D eigenvalue weighted by molar-refractivity contribution is 5.79. The predicted octanol–water partition coefficient (Wildman–Crippen LogP) is 1.89. The van der Waals surface area contributed by atoms with Crippen molar-refractivity contribution < 1.29 is 9.53 Å². The zero-order chi connectivity index (χ0) is 14.4. The van der Waals surface area contributed by atoms with Crippen LogP contribution in [0, 0.1) is 22.7 Å². The van der Waals surface area contributed by atoms with Crippen LogP contribution >= 0.6 is 0 Å². The van der Waals surface area contributed by atoms with Gasteiger partial charge in [0.05, 0.1) is 17.7 Å². The molecular formula is C15H15N3O2. The Morgan fingerprint density at radius 3 is 2.75 bits per heavy atom. The molecule has 2 rings (SSSR count). The molecule has 1 aliphatic rings. The third-order valence-corrected chi connectivity index (χ3v) is 3.38. The van der Waals surface area contributed by atoms with Gasteiger partial charge in [0.1, 0.15) is 11.3 Å². The van der Waals surface area contributed by atoms with E-state index in [-0.39, 0.29) is 12.5 Å². The van der Waals surface area contributed by atoms with Gasteiger partial charge in [-0.05, 0) is 43.9 Å². The van der Waals surface area contributed by atoms with Crippen LogP contribution in [0.5, 0.6) is 5.75 Å². The lowest BCUT2D eigenvalue weighted by Crippen LogP contribution is -2.47. The minimum Gasteiger partial charge on any atom is -0.484 e. The summed E-state index contributed by atoms with van der Waals surface area (Å²) in [7, 11) is 0. The zero-order valence-corrected chi connectivity index (χ0v) is 11.1. The number of rotatable bonds is 4. The Morgan fingerprint density at radius 1 is 1.35 bits per heavy atom. The summed E-state index contributed by atoms with van der Waals surface area (Å²) in [5, 5.41) is 20.7. The Morgan fingerprint density at radius 2 is 2.10 bits per heavy atom. The lowest BCUT2D eigenvalue weighted by atomic mass is 10.00. The van der Waals surface area contributed by atoms with Crippen molar-refractivity contribution in [1.82, 2.24) is 5.32 Å². The van der Waals surface area contributed by atoms with Crippen LogP contribution in [0.3, 0.4) is 0 Å². The maximum absolute atomic E-state index is 11.8. The molecule has 1 fully saturated rings. The van der Waals surface area contributed by atoms with Gasteiger partial charge in [0, 0.05) is 0 Å². The molecule has 0 saturated heterocycles. The first-order valence-electron chi connectivity index (χ1n) is 6.53. The molecule has 1 aromatic carbocycles. The second kappa shape index (κ2) is 6.08. The minimum atomic E-state index is -0.727. The quantitative estimate of drug-likeness (QED) is 0.904. The molecule has 0 bridgehead atoms. The van der Waals surface area contributed by atoms with Gasteiger partial charge in [-0.25, -0.2) is 0 Å². The molecule has 1 N–H and O–H groups in total. The molecule has 0 aromatic heterocycles. The molecule has 0 spiro atoms. The van der Waals surface area contributed by atoms with Gasteiger partial charge in [0.15, 0.2) is 6.61 Å². The van der Waals surface area contributed by atoms with Crippen molar-refractivity contribution in [3.63, 3.8) is 0 Å². The van der Waals surface area contributed by atoms with E-state index in [1.807, 2.05) is 6.07 Å². The topological polar surface area (TPSA) is 85.9 Å². The molecule has 20 heavy (non-hydrogen) atoms. The highest BCUT2D eigenvalue weighted by atomic mass is 16.5. The molecule has 102 valence electrons. The van der Waals surface area contributed by atoms with Gasteiger partial charge >= 0.3 is 0 Å². The van der Waals surface area contributed by atoms with E-state index in [2.05, 4.69) is 11.4 Å². The number of carbonyl (C=O) groups is 1. The van der Waals surface area contributed by atoms with Gasteiger partial charge in [-0.3, -0.25) is 4.79 Å². The number of ether oxygens (including phenoxy) is 1. The zero-order valence-electron chi connectivity index (χ0n) is 11.1. The average molecular weight is 269 g/mol. The van der Waals surface area contributed by atoms with Gasteiger partial charge < -0.3 is 10.1 Å². The summed E-state index contributed by atoms with van der Waals surface area (Å²) in [6.07, 6.45) is 3.30. The number of hydrogen-bond acceptors (Lipinski definition) is 4. The molecule has 5 heteroatoms. The molecule has 1 aliphatic carbocycles. The van der Waals surface area contributed by atoms with Crippen LogP contribution in [-0.4, -0.2) is 18.1 Å². The number of nitrogens with one attached hydrogen (secondary N) is 1. The summed E-state index contributed by atoms with van der Waals surface area (Å²) in [5.41, 5.74) is -0.248. The van der Waals surface area contributed by atoms with Crippen LogP contribution in [-0.2, 0) is 4.79 Å². The fraction of sp³-hybridized carbons (Fsp3) is 0.400. The monoisotopic (exact) mass is 269 g/mol. The van der Waals surface area contributed by atoms with Crippen molar-refractivity contribution in [2.24, 2.45) is 0 Å². The number of hydrogen-bond donors (Lipinski definition) is 1. The van der Waals surface area contributed by atoms with Crippen molar-refractivity contribution >= 4 is 5.91 Å². The van der Waals surface area contributed by atoms with Crippen molar-refractivity contribution in [2.75, 3.05) is 6.61 Å². The fourth-order valence-electron chi connectivity index (χ4n) is 2.35. The van der Waals surface area contributed by atoms with Crippen molar-refractivity contribution in [1.29, 1.82) is 10.5 Å². The highest BCUT2D eigenvalue weighted by Crippen LogP contribution is 2.28. The summed E-state index contributed by atoms with van der Waals surface area (Å²) < 4.78 is 5.34. The summed E-state index contributed by atoms with van der Waals surface area (Å²) >= 11 is 0. The van der Waals surface area contributed by atoms with E-state index in [0.717, 1.165) is 12.8 Å². The molecule has 0 atom stereocenters. The Balaban J connectivity index is 1.89. The number of nitriles is 2. The van der Waals surface area contributed by atoms with Gasteiger partial charge in [0.25, 0.3) is 5.91 Å². The van der Waals surface area contributed by atoms with E-state index in [4.69, 9.17) is 10.00 Å². The maximum atomic E-state index is 11.8.